The van der Waals surface area contributed by atoms with Crippen molar-refractivity contribution in [3.8, 4) is 17.1 Å². The Morgan fingerprint density at radius 2 is 1.78 bits per heavy atom. The Balaban J connectivity index is 1.79. The average molecular weight is 369 g/mol. The molecular formula is C20H20FN3O3. The molecule has 140 valence electrons. The van der Waals surface area contributed by atoms with Gasteiger partial charge in [0.2, 0.25) is 11.7 Å². The fourth-order valence-corrected chi connectivity index (χ4v) is 2.56. The maximum absolute atomic E-state index is 13.0. The van der Waals surface area contributed by atoms with Gasteiger partial charge in [0, 0.05) is 11.1 Å². The van der Waals surface area contributed by atoms with Crippen molar-refractivity contribution in [1.82, 2.24) is 15.5 Å². The Hall–Kier alpha value is -3.22. The summed E-state index contributed by atoms with van der Waals surface area (Å²) in [6, 6.07) is 12.1. The highest BCUT2D eigenvalue weighted by atomic mass is 19.1. The number of nitrogens with zero attached hydrogens (tertiary/aromatic N) is 2. The lowest BCUT2D eigenvalue weighted by Gasteiger charge is -2.18. The number of benzene rings is 2. The average Bonchev–Trinajstić information content (AvgIpc) is 3.16. The van der Waals surface area contributed by atoms with Gasteiger partial charge in [0.05, 0.1) is 7.11 Å². The van der Waals surface area contributed by atoms with E-state index < -0.39 is 11.9 Å². The molecule has 1 atom stereocenters. The van der Waals surface area contributed by atoms with Gasteiger partial charge >= 0.3 is 0 Å². The standard InChI is InChI=1S/C20H20FN3O3/c1-12(2)17(22-19(25)14-4-8-15(21)9-5-14)20-23-18(24-27-20)13-6-10-16(26-3)11-7-13/h4-12,17H,1-3H3,(H,22,25)/t17-/m1/s1. The van der Waals surface area contributed by atoms with E-state index in [0.717, 1.165) is 11.3 Å². The molecule has 3 aromatic rings. The third-order valence-electron chi connectivity index (χ3n) is 4.12. The smallest absolute Gasteiger partial charge is 0.251 e. The molecule has 0 aliphatic heterocycles. The molecule has 0 aliphatic carbocycles. The van der Waals surface area contributed by atoms with Crippen LogP contribution in [0.3, 0.4) is 0 Å². The van der Waals surface area contributed by atoms with Gasteiger partial charge in [-0.2, -0.15) is 4.98 Å². The van der Waals surface area contributed by atoms with Gasteiger partial charge in [-0.05, 0) is 54.4 Å². The van der Waals surface area contributed by atoms with Gasteiger partial charge in [0.25, 0.3) is 5.91 Å². The number of amides is 1. The Labute approximate surface area is 156 Å². The first-order chi connectivity index (χ1) is 13.0. The second-order valence-electron chi connectivity index (χ2n) is 6.39. The lowest BCUT2D eigenvalue weighted by Crippen LogP contribution is -2.32. The minimum Gasteiger partial charge on any atom is -0.497 e. The second kappa shape index (κ2) is 7.99. The summed E-state index contributed by atoms with van der Waals surface area (Å²) < 4.78 is 23.6. The molecule has 1 amide bonds. The van der Waals surface area contributed by atoms with Crippen LogP contribution < -0.4 is 10.1 Å². The van der Waals surface area contributed by atoms with Crippen LogP contribution in [-0.4, -0.2) is 23.2 Å². The fraction of sp³-hybridized carbons (Fsp3) is 0.250. The van der Waals surface area contributed by atoms with Crippen molar-refractivity contribution in [1.29, 1.82) is 0 Å². The Morgan fingerprint density at radius 1 is 1.11 bits per heavy atom. The summed E-state index contributed by atoms with van der Waals surface area (Å²) in [4.78, 5) is 16.9. The number of methoxy groups -OCH3 is 1. The normalized spacial score (nSPS) is 12.0. The summed E-state index contributed by atoms with van der Waals surface area (Å²) >= 11 is 0. The topological polar surface area (TPSA) is 77.3 Å². The van der Waals surface area contributed by atoms with Crippen molar-refractivity contribution in [2.45, 2.75) is 19.9 Å². The molecule has 0 saturated heterocycles. The number of aromatic nitrogens is 2. The molecule has 0 bridgehead atoms. The van der Waals surface area contributed by atoms with E-state index in [1.807, 2.05) is 38.1 Å². The zero-order valence-electron chi connectivity index (χ0n) is 15.3. The summed E-state index contributed by atoms with van der Waals surface area (Å²) in [5.41, 5.74) is 1.13. The first-order valence-electron chi connectivity index (χ1n) is 8.52. The molecule has 0 radical (unpaired) electrons. The summed E-state index contributed by atoms with van der Waals surface area (Å²) in [5, 5.41) is 6.88. The van der Waals surface area contributed by atoms with Gasteiger partial charge in [-0.3, -0.25) is 4.79 Å². The van der Waals surface area contributed by atoms with E-state index in [1.54, 1.807) is 7.11 Å². The highest BCUT2D eigenvalue weighted by molar-refractivity contribution is 5.94. The summed E-state index contributed by atoms with van der Waals surface area (Å²) in [7, 11) is 1.60. The minimum absolute atomic E-state index is 0.0126. The van der Waals surface area contributed by atoms with Crippen molar-refractivity contribution >= 4 is 5.91 Å². The number of hydrogen-bond donors (Lipinski definition) is 1. The van der Waals surface area contributed by atoms with Crippen LogP contribution in [-0.2, 0) is 0 Å². The van der Waals surface area contributed by atoms with E-state index in [4.69, 9.17) is 9.26 Å². The Kier molecular flexibility index (Phi) is 5.49. The molecule has 1 aromatic heterocycles. The zero-order valence-corrected chi connectivity index (χ0v) is 15.3. The monoisotopic (exact) mass is 369 g/mol. The molecular weight excluding hydrogens is 349 g/mol. The molecule has 27 heavy (non-hydrogen) atoms. The van der Waals surface area contributed by atoms with E-state index in [-0.39, 0.29) is 11.8 Å². The van der Waals surface area contributed by atoms with Crippen LogP contribution in [0.25, 0.3) is 11.4 Å². The molecule has 2 aromatic carbocycles. The van der Waals surface area contributed by atoms with Gasteiger partial charge in [0.15, 0.2) is 0 Å². The number of carbonyl (C=O) groups excluding carboxylic acids is 1. The number of hydrogen-bond acceptors (Lipinski definition) is 5. The van der Waals surface area contributed by atoms with Crippen molar-refractivity contribution < 1.29 is 18.4 Å². The maximum Gasteiger partial charge on any atom is 0.251 e. The molecule has 0 fully saturated rings. The molecule has 7 heteroatoms. The SMILES string of the molecule is COc1ccc(-c2noc([C@H](NC(=O)c3ccc(F)cc3)C(C)C)n2)cc1. The van der Waals surface area contributed by atoms with Crippen LogP contribution in [0.4, 0.5) is 4.39 Å². The molecule has 0 saturated carbocycles. The van der Waals surface area contributed by atoms with Crippen LogP contribution >= 0.6 is 0 Å². The molecule has 0 unspecified atom stereocenters. The fourth-order valence-electron chi connectivity index (χ4n) is 2.56. The van der Waals surface area contributed by atoms with Crippen LogP contribution in [0.5, 0.6) is 5.75 Å². The van der Waals surface area contributed by atoms with E-state index in [2.05, 4.69) is 15.5 Å². The third-order valence-corrected chi connectivity index (χ3v) is 4.12. The highest BCUT2D eigenvalue weighted by Crippen LogP contribution is 2.25. The van der Waals surface area contributed by atoms with Crippen LogP contribution in [0.15, 0.2) is 53.1 Å². The minimum atomic E-state index is -0.470. The number of rotatable bonds is 6. The van der Waals surface area contributed by atoms with Gasteiger partial charge in [0.1, 0.15) is 17.6 Å². The van der Waals surface area contributed by atoms with Gasteiger partial charge in [-0.25, -0.2) is 4.39 Å². The lowest BCUT2D eigenvalue weighted by atomic mass is 10.0. The van der Waals surface area contributed by atoms with Gasteiger partial charge < -0.3 is 14.6 Å². The van der Waals surface area contributed by atoms with Crippen molar-refractivity contribution in [2.24, 2.45) is 5.92 Å². The number of ether oxygens (including phenoxy) is 1. The molecule has 0 spiro atoms. The van der Waals surface area contributed by atoms with Crippen molar-refractivity contribution in [3.63, 3.8) is 0 Å². The zero-order chi connectivity index (χ0) is 19.4. The van der Waals surface area contributed by atoms with Crippen molar-refractivity contribution in [3.05, 3.63) is 65.8 Å². The Morgan fingerprint density at radius 3 is 2.37 bits per heavy atom. The predicted molar refractivity (Wildman–Crippen MR) is 97.7 cm³/mol. The molecule has 0 aliphatic rings. The van der Waals surface area contributed by atoms with Crippen LogP contribution in [0.2, 0.25) is 0 Å². The van der Waals surface area contributed by atoms with Crippen LogP contribution in [0.1, 0.15) is 36.1 Å². The quantitative estimate of drug-likeness (QED) is 0.710. The number of carbonyl (C=O) groups is 1. The van der Waals surface area contributed by atoms with Gasteiger partial charge in [-0.1, -0.05) is 19.0 Å². The first kappa shape index (κ1) is 18.6. The van der Waals surface area contributed by atoms with E-state index in [1.165, 1.54) is 24.3 Å². The van der Waals surface area contributed by atoms with E-state index in [9.17, 15) is 9.18 Å². The Bertz CT molecular complexity index is 905. The summed E-state index contributed by atoms with van der Waals surface area (Å²) in [6.45, 7) is 3.87. The van der Waals surface area contributed by atoms with E-state index >= 15 is 0 Å². The maximum atomic E-state index is 13.0. The first-order valence-corrected chi connectivity index (χ1v) is 8.52. The van der Waals surface area contributed by atoms with E-state index in [0.29, 0.717) is 17.3 Å². The number of halogens is 1. The van der Waals surface area contributed by atoms with Gasteiger partial charge in [-0.15, -0.1) is 0 Å². The summed E-state index contributed by atoms with van der Waals surface area (Å²) in [6.07, 6.45) is 0. The van der Waals surface area contributed by atoms with Crippen molar-refractivity contribution in [2.75, 3.05) is 7.11 Å². The molecule has 6 nitrogen and oxygen atoms in total. The summed E-state index contributed by atoms with van der Waals surface area (Å²) in [5.74, 6) is 0.749. The lowest BCUT2D eigenvalue weighted by molar-refractivity contribution is 0.0914. The molecule has 1 heterocycles. The largest absolute Gasteiger partial charge is 0.497 e. The van der Waals surface area contributed by atoms with Crippen LogP contribution in [0, 0.1) is 11.7 Å². The molecule has 1 N–H and O–H groups in total. The third kappa shape index (κ3) is 4.31. The molecule has 3 rings (SSSR count). The number of nitrogens with one attached hydrogen (secondary N) is 1. The predicted octanol–water partition coefficient (Wildman–Crippen LogP) is 4.01. The second-order valence-corrected chi connectivity index (χ2v) is 6.39. The highest BCUT2D eigenvalue weighted by Gasteiger charge is 2.25.